The second-order valence-corrected chi connectivity index (χ2v) is 4.48. The Kier molecular flexibility index (Phi) is 3.77. The van der Waals surface area contributed by atoms with Crippen molar-refractivity contribution in [2.24, 2.45) is 5.92 Å². The Morgan fingerprint density at radius 1 is 1.46 bits per heavy atom. The molecule has 76 valence electrons. The first-order valence-electron chi connectivity index (χ1n) is 5.05. The van der Waals surface area contributed by atoms with Gasteiger partial charge in [-0.3, -0.25) is 4.79 Å². The molecule has 0 aromatic heterocycles. The number of nitrogens with one attached hydrogen (secondary N) is 1. The molecule has 0 spiro atoms. The summed E-state index contributed by atoms with van der Waals surface area (Å²) < 4.78 is 0. The van der Waals surface area contributed by atoms with Crippen LogP contribution in [0.2, 0.25) is 0 Å². The summed E-state index contributed by atoms with van der Waals surface area (Å²) in [5, 5.41) is 4.03. The molecule has 0 radical (unpaired) electrons. The molecule has 13 heavy (non-hydrogen) atoms. The molecular weight excluding hydrogens is 230 g/mol. The lowest BCUT2D eigenvalue weighted by Crippen LogP contribution is -2.41. The highest BCUT2D eigenvalue weighted by Crippen LogP contribution is 2.37. The molecule has 1 aliphatic rings. The van der Waals surface area contributed by atoms with Crippen molar-refractivity contribution in [2.45, 2.75) is 45.1 Å². The van der Waals surface area contributed by atoms with Crippen molar-refractivity contribution in [1.82, 2.24) is 5.32 Å². The third-order valence-electron chi connectivity index (χ3n) is 2.85. The first-order valence-corrected chi connectivity index (χ1v) is 6.17. The second-order valence-electron chi connectivity index (χ2n) is 3.92. The SMILES string of the molecule is CCC(CC)C(=O)NC1(CBr)CC1. The maximum atomic E-state index is 11.7. The van der Waals surface area contributed by atoms with Crippen LogP contribution in [0.3, 0.4) is 0 Å². The van der Waals surface area contributed by atoms with Gasteiger partial charge < -0.3 is 5.32 Å². The number of carbonyl (C=O) groups excluding carboxylic acids is 1. The summed E-state index contributed by atoms with van der Waals surface area (Å²) >= 11 is 3.44. The van der Waals surface area contributed by atoms with Gasteiger partial charge in [0, 0.05) is 16.8 Å². The molecule has 0 bridgehead atoms. The average molecular weight is 248 g/mol. The summed E-state index contributed by atoms with van der Waals surface area (Å²) in [6, 6.07) is 0. The summed E-state index contributed by atoms with van der Waals surface area (Å²) in [5.74, 6) is 0.443. The summed E-state index contributed by atoms with van der Waals surface area (Å²) in [5.41, 5.74) is 0.111. The number of rotatable bonds is 5. The van der Waals surface area contributed by atoms with Crippen LogP contribution in [-0.4, -0.2) is 16.8 Å². The van der Waals surface area contributed by atoms with E-state index in [0.717, 1.165) is 31.0 Å². The van der Waals surface area contributed by atoms with Gasteiger partial charge in [0.1, 0.15) is 0 Å². The molecule has 1 fully saturated rings. The van der Waals surface area contributed by atoms with Gasteiger partial charge in [-0.2, -0.15) is 0 Å². The molecule has 0 heterocycles. The molecule has 1 saturated carbocycles. The van der Waals surface area contributed by atoms with Crippen LogP contribution in [0.4, 0.5) is 0 Å². The van der Waals surface area contributed by atoms with E-state index in [1.165, 1.54) is 0 Å². The Hall–Kier alpha value is -0.0500. The highest BCUT2D eigenvalue weighted by atomic mass is 79.9. The van der Waals surface area contributed by atoms with E-state index in [2.05, 4.69) is 35.1 Å². The van der Waals surface area contributed by atoms with Gasteiger partial charge in [0.2, 0.25) is 5.91 Å². The lowest BCUT2D eigenvalue weighted by Gasteiger charge is -2.18. The minimum absolute atomic E-state index is 0.111. The monoisotopic (exact) mass is 247 g/mol. The van der Waals surface area contributed by atoms with E-state index in [0.29, 0.717) is 0 Å². The van der Waals surface area contributed by atoms with Gasteiger partial charge in [-0.1, -0.05) is 29.8 Å². The Morgan fingerprint density at radius 3 is 2.31 bits per heavy atom. The van der Waals surface area contributed by atoms with Gasteiger partial charge in [0.05, 0.1) is 0 Å². The van der Waals surface area contributed by atoms with Crippen LogP contribution in [0.15, 0.2) is 0 Å². The number of alkyl halides is 1. The Balaban J connectivity index is 2.40. The molecule has 1 aliphatic carbocycles. The summed E-state index contributed by atoms with van der Waals surface area (Å²) in [4.78, 5) is 11.7. The van der Waals surface area contributed by atoms with E-state index in [1.54, 1.807) is 0 Å². The van der Waals surface area contributed by atoms with Crippen LogP contribution in [0.5, 0.6) is 0 Å². The lowest BCUT2D eigenvalue weighted by molar-refractivity contribution is -0.126. The predicted octanol–water partition coefficient (Wildman–Crippen LogP) is 2.47. The molecular formula is C10H18BrNO. The van der Waals surface area contributed by atoms with Gasteiger partial charge in [-0.15, -0.1) is 0 Å². The fourth-order valence-corrected chi connectivity index (χ4v) is 2.17. The van der Waals surface area contributed by atoms with Crippen molar-refractivity contribution in [3.8, 4) is 0 Å². The molecule has 1 N–H and O–H groups in total. The van der Waals surface area contributed by atoms with Crippen molar-refractivity contribution in [1.29, 1.82) is 0 Å². The van der Waals surface area contributed by atoms with Crippen LogP contribution >= 0.6 is 15.9 Å². The summed E-state index contributed by atoms with van der Waals surface area (Å²) in [6.07, 6.45) is 4.15. The van der Waals surface area contributed by atoms with E-state index < -0.39 is 0 Å². The van der Waals surface area contributed by atoms with Gasteiger partial charge in [-0.05, 0) is 25.7 Å². The van der Waals surface area contributed by atoms with Crippen LogP contribution in [0, 0.1) is 5.92 Å². The van der Waals surface area contributed by atoms with Gasteiger partial charge >= 0.3 is 0 Å². The molecule has 1 amide bonds. The maximum Gasteiger partial charge on any atom is 0.223 e. The predicted molar refractivity (Wildman–Crippen MR) is 58.0 cm³/mol. The van der Waals surface area contributed by atoms with E-state index >= 15 is 0 Å². The number of halogens is 1. The first-order chi connectivity index (χ1) is 6.17. The largest absolute Gasteiger partial charge is 0.350 e. The first kappa shape index (κ1) is 11.0. The quantitative estimate of drug-likeness (QED) is 0.744. The molecule has 0 aromatic rings. The zero-order valence-electron chi connectivity index (χ0n) is 8.40. The number of carbonyl (C=O) groups is 1. The van der Waals surface area contributed by atoms with Crippen LogP contribution in [0.1, 0.15) is 39.5 Å². The highest BCUT2D eigenvalue weighted by molar-refractivity contribution is 9.09. The smallest absolute Gasteiger partial charge is 0.223 e. The molecule has 0 saturated heterocycles. The zero-order valence-corrected chi connectivity index (χ0v) is 9.99. The topological polar surface area (TPSA) is 29.1 Å². The van der Waals surface area contributed by atoms with Crippen molar-refractivity contribution in [3.05, 3.63) is 0 Å². The van der Waals surface area contributed by atoms with Crippen LogP contribution < -0.4 is 5.32 Å². The fraction of sp³-hybridized carbons (Fsp3) is 0.900. The minimum atomic E-state index is 0.111. The normalized spacial score (nSPS) is 18.8. The summed E-state index contributed by atoms with van der Waals surface area (Å²) in [7, 11) is 0. The molecule has 0 unspecified atom stereocenters. The van der Waals surface area contributed by atoms with E-state index in [9.17, 15) is 4.79 Å². The van der Waals surface area contributed by atoms with E-state index in [-0.39, 0.29) is 17.4 Å². The van der Waals surface area contributed by atoms with E-state index in [1.807, 2.05) is 0 Å². The van der Waals surface area contributed by atoms with Gasteiger partial charge in [0.15, 0.2) is 0 Å². The third kappa shape index (κ3) is 2.70. The minimum Gasteiger partial charge on any atom is -0.350 e. The van der Waals surface area contributed by atoms with Crippen molar-refractivity contribution in [2.75, 3.05) is 5.33 Å². The Bertz CT molecular complexity index is 185. The van der Waals surface area contributed by atoms with Crippen molar-refractivity contribution < 1.29 is 4.79 Å². The molecule has 2 nitrogen and oxygen atoms in total. The lowest BCUT2D eigenvalue weighted by atomic mass is 10.0. The molecule has 0 atom stereocenters. The second kappa shape index (κ2) is 4.45. The van der Waals surface area contributed by atoms with Crippen molar-refractivity contribution >= 4 is 21.8 Å². The number of hydrogen-bond acceptors (Lipinski definition) is 1. The van der Waals surface area contributed by atoms with Crippen LogP contribution in [-0.2, 0) is 4.79 Å². The maximum absolute atomic E-state index is 11.7. The van der Waals surface area contributed by atoms with E-state index in [4.69, 9.17) is 0 Å². The van der Waals surface area contributed by atoms with Gasteiger partial charge in [-0.25, -0.2) is 0 Å². The molecule has 1 rings (SSSR count). The standard InChI is InChI=1S/C10H18BrNO/c1-3-8(4-2)9(13)12-10(7-11)5-6-10/h8H,3-7H2,1-2H3,(H,12,13). The third-order valence-corrected chi connectivity index (χ3v) is 3.93. The molecule has 0 aliphatic heterocycles. The van der Waals surface area contributed by atoms with Gasteiger partial charge in [0.25, 0.3) is 0 Å². The highest BCUT2D eigenvalue weighted by Gasteiger charge is 2.43. The Labute approximate surface area is 88.6 Å². The molecule has 3 heteroatoms. The van der Waals surface area contributed by atoms with Crippen LogP contribution in [0.25, 0.3) is 0 Å². The fourth-order valence-electron chi connectivity index (χ4n) is 1.47. The number of amides is 1. The van der Waals surface area contributed by atoms with Crippen molar-refractivity contribution in [3.63, 3.8) is 0 Å². The average Bonchev–Trinajstić information content (AvgIpc) is 2.88. The Morgan fingerprint density at radius 2 is 2.00 bits per heavy atom. The summed E-state index contributed by atoms with van der Waals surface area (Å²) in [6.45, 7) is 4.14. The number of hydrogen-bond donors (Lipinski definition) is 1. The molecule has 0 aromatic carbocycles. The zero-order chi connectivity index (χ0) is 9.90.